The second-order valence-corrected chi connectivity index (χ2v) is 5.31. The van der Waals surface area contributed by atoms with Crippen LogP contribution in [0.25, 0.3) is 0 Å². The molecule has 0 atom stereocenters. The highest BCUT2D eigenvalue weighted by Gasteiger charge is 2.15. The Bertz CT molecular complexity index is 522. The third-order valence-corrected chi connectivity index (χ3v) is 4.24. The van der Waals surface area contributed by atoms with Crippen molar-refractivity contribution >= 4 is 39.3 Å². The SMILES string of the molecule is O=C(O)N1CC=C(CNc2ccnc(Cl)c2Br)CC1. The van der Waals surface area contributed by atoms with Crippen molar-refractivity contribution in [1.82, 2.24) is 9.88 Å². The van der Waals surface area contributed by atoms with E-state index >= 15 is 0 Å². The zero-order valence-corrected chi connectivity index (χ0v) is 12.4. The van der Waals surface area contributed by atoms with E-state index in [4.69, 9.17) is 16.7 Å². The third kappa shape index (κ3) is 3.61. The second kappa shape index (κ2) is 6.25. The summed E-state index contributed by atoms with van der Waals surface area (Å²) in [7, 11) is 0. The number of nitrogens with one attached hydrogen (secondary N) is 1. The maximum atomic E-state index is 10.8. The fourth-order valence-electron chi connectivity index (χ4n) is 1.81. The molecule has 1 aliphatic rings. The smallest absolute Gasteiger partial charge is 0.407 e. The van der Waals surface area contributed by atoms with Crippen molar-refractivity contribution in [2.24, 2.45) is 0 Å². The molecule has 0 saturated heterocycles. The van der Waals surface area contributed by atoms with Gasteiger partial charge in [0.25, 0.3) is 0 Å². The number of rotatable bonds is 3. The summed E-state index contributed by atoms with van der Waals surface area (Å²) in [5, 5.41) is 12.5. The van der Waals surface area contributed by atoms with Gasteiger partial charge in [-0.25, -0.2) is 9.78 Å². The van der Waals surface area contributed by atoms with Crippen LogP contribution in [0.4, 0.5) is 10.5 Å². The van der Waals surface area contributed by atoms with Crippen LogP contribution in [-0.4, -0.2) is 40.7 Å². The van der Waals surface area contributed by atoms with E-state index in [0.717, 1.165) is 16.6 Å². The summed E-state index contributed by atoms with van der Waals surface area (Å²) < 4.78 is 0.736. The molecule has 0 spiro atoms. The quantitative estimate of drug-likeness (QED) is 0.651. The molecule has 102 valence electrons. The molecule has 5 nitrogen and oxygen atoms in total. The number of carbonyl (C=O) groups is 1. The molecule has 0 saturated carbocycles. The predicted molar refractivity (Wildman–Crippen MR) is 77.7 cm³/mol. The highest BCUT2D eigenvalue weighted by molar-refractivity contribution is 9.10. The number of carboxylic acid groups (broad SMARTS) is 1. The summed E-state index contributed by atoms with van der Waals surface area (Å²) >= 11 is 9.28. The van der Waals surface area contributed by atoms with E-state index in [1.807, 2.05) is 12.1 Å². The molecular weight excluding hydrogens is 334 g/mol. The molecule has 0 fully saturated rings. The van der Waals surface area contributed by atoms with Gasteiger partial charge in [-0.15, -0.1) is 0 Å². The van der Waals surface area contributed by atoms with Gasteiger partial charge in [0.05, 0.1) is 10.2 Å². The van der Waals surface area contributed by atoms with Gasteiger partial charge < -0.3 is 15.3 Å². The van der Waals surface area contributed by atoms with Crippen LogP contribution in [0, 0.1) is 0 Å². The van der Waals surface area contributed by atoms with E-state index < -0.39 is 6.09 Å². The zero-order chi connectivity index (χ0) is 13.8. The van der Waals surface area contributed by atoms with Crippen LogP contribution in [0.3, 0.4) is 0 Å². The van der Waals surface area contributed by atoms with Crippen LogP contribution >= 0.6 is 27.5 Å². The van der Waals surface area contributed by atoms with Gasteiger partial charge in [-0.3, -0.25) is 0 Å². The van der Waals surface area contributed by atoms with E-state index in [2.05, 4.69) is 26.2 Å². The predicted octanol–water partition coefficient (Wildman–Crippen LogP) is 3.22. The van der Waals surface area contributed by atoms with E-state index in [1.54, 1.807) is 6.20 Å². The lowest BCUT2D eigenvalue weighted by molar-refractivity contribution is 0.149. The molecule has 1 aromatic rings. The minimum absolute atomic E-state index is 0.416. The third-order valence-electron chi connectivity index (χ3n) is 2.93. The van der Waals surface area contributed by atoms with Crippen molar-refractivity contribution in [1.29, 1.82) is 0 Å². The second-order valence-electron chi connectivity index (χ2n) is 4.16. The Hall–Kier alpha value is -1.27. The Morgan fingerprint density at radius 2 is 2.42 bits per heavy atom. The molecule has 1 aromatic heterocycles. The average molecular weight is 347 g/mol. The number of aromatic nitrogens is 1. The first-order chi connectivity index (χ1) is 9.08. The molecule has 7 heteroatoms. The number of hydrogen-bond acceptors (Lipinski definition) is 3. The normalized spacial score (nSPS) is 15.1. The summed E-state index contributed by atoms with van der Waals surface area (Å²) in [5.74, 6) is 0. The standard InChI is InChI=1S/C12H13BrClN3O2/c13-10-9(1-4-15-11(10)14)16-7-8-2-5-17(6-3-8)12(18)19/h1-2,4H,3,5-7H2,(H,15,16)(H,18,19). The van der Waals surface area contributed by atoms with Crippen molar-refractivity contribution in [2.45, 2.75) is 6.42 Å². The fourth-order valence-corrected chi connectivity index (χ4v) is 2.34. The lowest BCUT2D eigenvalue weighted by Gasteiger charge is -2.24. The number of nitrogens with zero attached hydrogens (tertiary/aromatic N) is 2. The van der Waals surface area contributed by atoms with E-state index in [0.29, 0.717) is 24.8 Å². The van der Waals surface area contributed by atoms with Gasteiger partial charge in [-0.2, -0.15) is 0 Å². The molecule has 0 aliphatic carbocycles. The summed E-state index contributed by atoms with van der Waals surface area (Å²) in [5.41, 5.74) is 2.07. The Kier molecular flexibility index (Phi) is 4.66. The molecule has 1 amide bonds. The van der Waals surface area contributed by atoms with Gasteiger partial charge in [0, 0.05) is 25.8 Å². The molecule has 2 rings (SSSR count). The molecule has 0 bridgehead atoms. The van der Waals surface area contributed by atoms with Gasteiger partial charge in [-0.1, -0.05) is 23.3 Å². The van der Waals surface area contributed by atoms with Crippen LogP contribution < -0.4 is 5.32 Å². The van der Waals surface area contributed by atoms with Crippen molar-refractivity contribution in [3.63, 3.8) is 0 Å². The van der Waals surface area contributed by atoms with E-state index in [9.17, 15) is 4.79 Å². The average Bonchev–Trinajstić information content (AvgIpc) is 2.41. The lowest BCUT2D eigenvalue weighted by Crippen LogP contribution is -2.34. The molecule has 0 aromatic carbocycles. The molecule has 19 heavy (non-hydrogen) atoms. The van der Waals surface area contributed by atoms with Crippen LogP contribution in [0.15, 0.2) is 28.4 Å². The molecular formula is C12H13BrClN3O2. The van der Waals surface area contributed by atoms with Crippen LogP contribution in [-0.2, 0) is 0 Å². The largest absolute Gasteiger partial charge is 0.465 e. The number of anilines is 1. The van der Waals surface area contributed by atoms with E-state index in [1.165, 1.54) is 10.5 Å². The first-order valence-corrected chi connectivity index (χ1v) is 6.94. The molecule has 0 radical (unpaired) electrons. The number of pyridine rings is 1. The molecule has 2 N–H and O–H groups in total. The summed E-state index contributed by atoms with van der Waals surface area (Å²) in [6, 6.07) is 1.84. The van der Waals surface area contributed by atoms with Crippen molar-refractivity contribution < 1.29 is 9.90 Å². The minimum Gasteiger partial charge on any atom is -0.465 e. The lowest BCUT2D eigenvalue weighted by atomic mass is 10.1. The monoisotopic (exact) mass is 345 g/mol. The number of hydrogen-bond donors (Lipinski definition) is 2. The van der Waals surface area contributed by atoms with Crippen LogP contribution in [0.2, 0.25) is 5.15 Å². The first kappa shape index (κ1) is 14.1. The van der Waals surface area contributed by atoms with Gasteiger partial charge >= 0.3 is 6.09 Å². The maximum absolute atomic E-state index is 10.8. The van der Waals surface area contributed by atoms with Crippen LogP contribution in [0.5, 0.6) is 0 Å². The van der Waals surface area contributed by atoms with Gasteiger partial charge in [0.15, 0.2) is 0 Å². The summed E-state index contributed by atoms with van der Waals surface area (Å²) in [6.45, 7) is 1.66. The topological polar surface area (TPSA) is 65.5 Å². The zero-order valence-electron chi connectivity index (χ0n) is 10.1. The fraction of sp³-hybridized carbons (Fsp3) is 0.333. The Balaban J connectivity index is 1.93. The molecule has 0 unspecified atom stereocenters. The van der Waals surface area contributed by atoms with Crippen molar-refractivity contribution in [3.05, 3.63) is 33.5 Å². The number of halogens is 2. The Morgan fingerprint density at radius 3 is 3.05 bits per heavy atom. The van der Waals surface area contributed by atoms with Gasteiger partial charge in [0.2, 0.25) is 0 Å². The Labute approximate surface area is 124 Å². The molecule has 2 heterocycles. The highest BCUT2D eigenvalue weighted by Crippen LogP contribution is 2.28. The summed E-state index contributed by atoms with van der Waals surface area (Å²) in [6.07, 6.45) is 3.46. The minimum atomic E-state index is -0.869. The van der Waals surface area contributed by atoms with E-state index in [-0.39, 0.29) is 0 Å². The van der Waals surface area contributed by atoms with Gasteiger partial charge in [0.1, 0.15) is 5.15 Å². The van der Waals surface area contributed by atoms with Crippen molar-refractivity contribution in [2.75, 3.05) is 25.0 Å². The maximum Gasteiger partial charge on any atom is 0.407 e. The van der Waals surface area contributed by atoms with Gasteiger partial charge in [-0.05, 0) is 28.4 Å². The molecule has 1 aliphatic heterocycles. The highest BCUT2D eigenvalue weighted by atomic mass is 79.9. The number of amides is 1. The van der Waals surface area contributed by atoms with Crippen molar-refractivity contribution in [3.8, 4) is 0 Å². The first-order valence-electron chi connectivity index (χ1n) is 5.77. The Morgan fingerprint density at radius 1 is 1.63 bits per heavy atom. The van der Waals surface area contributed by atoms with Crippen LogP contribution in [0.1, 0.15) is 6.42 Å². The summed E-state index contributed by atoms with van der Waals surface area (Å²) in [4.78, 5) is 16.1.